The number of halogens is 1. The summed E-state index contributed by atoms with van der Waals surface area (Å²) in [4.78, 5) is 24.2. The van der Waals surface area contributed by atoms with Gasteiger partial charge in [0.25, 0.3) is 5.91 Å². The fourth-order valence-electron chi connectivity index (χ4n) is 2.55. The van der Waals surface area contributed by atoms with Crippen molar-refractivity contribution in [2.75, 3.05) is 6.54 Å². The molecular formula is C18H20ClN5O. The molecule has 6 nitrogen and oxygen atoms in total. The molecule has 0 atom stereocenters. The van der Waals surface area contributed by atoms with Gasteiger partial charge in [0.05, 0.1) is 18.1 Å². The number of carbonyl (C=O) groups is 1. The Kier molecular flexibility index (Phi) is 4.49. The van der Waals surface area contributed by atoms with Crippen molar-refractivity contribution in [1.29, 1.82) is 0 Å². The van der Waals surface area contributed by atoms with Crippen LogP contribution >= 0.6 is 11.6 Å². The van der Waals surface area contributed by atoms with Gasteiger partial charge < -0.3 is 16.0 Å². The van der Waals surface area contributed by atoms with Crippen LogP contribution in [0.5, 0.6) is 0 Å². The van der Waals surface area contributed by atoms with Gasteiger partial charge in [-0.1, -0.05) is 11.6 Å². The molecule has 1 aromatic carbocycles. The second-order valence-electron chi connectivity index (χ2n) is 6.78. The first-order chi connectivity index (χ1) is 11.7. The Balaban J connectivity index is 1.94. The van der Waals surface area contributed by atoms with Crippen LogP contribution in [0.2, 0.25) is 5.02 Å². The Labute approximate surface area is 150 Å². The maximum atomic E-state index is 12.3. The highest BCUT2D eigenvalue weighted by atomic mass is 35.5. The van der Waals surface area contributed by atoms with Gasteiger partial charge in [0.2, 0.25) is 0 Å². The number of amides is 1. The van der Waals surface area contributed by atoms with E-state index in [9.17, 15) is 4.79 Å². The van der Waals surface area contributed by atoms with Gasteiger partial charge in [0.15, 0.2) is 0 Å². The van der Waals surface area contributed by atoms with Crippen molar-refractivity contribution >= 4 is 28.4 Å². The molecule has 3 rings (SSSR count). The molecule has 0 fully saturated rings. The van der Waals surface area contributed by atoms with Crippen LogP contribution < -0.4 is 11.1 Å². The molecule has 4 N–H and O–H groups in total. The molecule has 2 aromatic heterocycles. The number of aryl methyl sites for hydroxylation is 1. The zero-order valence-corrected chi connectivity index (χ0v) is 15.1. The summed E-state index contributed by atoms with van der Waals surface area (Å²) in [6.07, 6.45) is 3.07. The molecule has 130 valence electrons. The van der Waals surface area contributed by atoms with Crippen molar-refractivity contribution in [1.82, 2.24) is 20.3 Å². The molecule has 7 heteroatoms. The monoisotopic (exact) mass is 357 g/mol. The van der Waals surface area contributed by atoms with Crippen molar-refractivity contribution in [3.05, 3.63) is 46.9 Å². The number of carbonyl (C=O) groups excluding carboxylic acids is 1. The lowest BCUT2D eigenvalue weighted by atomic mass is 10.1. The van der Waals surface area contributed by atoms with Crippen LogP contribution in [-0.4, -0.2) is 32.9 Å². The summed E-state index contributed by atoms with van der Waals surface area (Å²) in [5.41, 5.74) is 9.03. The highest BCUT2D eigenvalue weighted by Gasteiger charge is 2.17. The van der Waals surface area contributed by atoms with E-state index in [4.69, 9.17) is 17.3 Å². The predicted octanol–water partition coefficient (Wildman–Crippen LogP) is 3.05. The lowest BCUT2D eigenvalue weighted by Crippen LogP contribution is -2.45. The van der Waals surface area contributed by atoms with E-state index in [-0.39, 0.29) is 11.6 Å². The first-order valence-electron chi connectivity index (χ1n) is 7.92. The summed E-state index contributed by atoms with van der Waals surface area (Å²) >= 11 is 6.08. The second-order valence-corrected chi connectivity index (χ2v) is 7.21. The number of fused-ring (bicyclic) bond motifs is 1. The number of nitrogens with two attached hydrogens (primary N) is 1. The van der Waals surface area contributed by atoms with Crippen LogP contribution in [0, 0.1) is 6.92 Å². The number of nitrogens with zero attached hydrogens (tertiary/aromatic N) is 2. The summed E-state index contributed by atoms with van der Waals surface area (Å²) in [5, 5.41) is 4.46. The van der Waals surface area contributed by atoms with Gasteiger partial charge in [-0.05, 0) is 44.5 Å². The number of hydrogen-bond acceptors (Lipinski definition) is 4. The molecule has 0 bridgehead atoms. The summed E-state index contributed by atoms with van der Waals surface area (Å²) in [6, 6.07) is 5.65. The Morgan fingerprint density at radius 3 is 2.84 bits per heavy atom. The zero-order chi connectivity index (χ0) is 18.2. The third kappa shape index (κ3) is 3.81. The van der Waals surface area contributed by atoms with Crippen molar-refractivity contribution in [3.8, 4) is 11.4 Å². The van der Waals surface area contributed by atoms with Crippen molar-refractivity contribution in [3.63, 3.8) is 0 Å². The van der Waals surface area contributed by atoms with Crippen LogP contribution in [0.1, 0.15) is 29.9 Å². The zero-order valence-electron chi connectivity index (χ0n) is 14.4. The minimum Gasteiger partial charge on any atom is -0.353 e. The normalized spacial score (nSPS) is 11.7. The maximum absolute atomic E-state index is 12.3. The second kappa shape index (κ2) is 6.46. The maximum Gasteiger partial charge on any atom is 0.271 e. The number of rotatable bonds is 4. The topological polar surface area (TPSA) is 96.7 Å². The summed E-state index contributed by atoms with van der Waals surface area (Å²) in [6.45, 7) is 6.01. The highest BCUT2D eigenvalue weighted by molar-refractivity contribution is 6.31. The largest absolute Gasteiger partial charge is 0.353 e. The molecule has 0 spiro atoms. The molecule has 0 saturated carbocycles. The van der Waals surface area contributed by atoms with E-state index in [0.29, 0.717) is 17.3 Å². The third-order valence-electron chi connectivity index (χ3n) is 3.85. The molecular weight excluding hydrogens is 338 g/mol. The smallest absolute Gasteiger partial charge is 0.271 e. The van der Waals surface area contributed by atoms with E-state index >= 15 is 0 Å². The Morgan fingerprint density at radius 2 is 2.12 bits per heavy atom. The van der Waals surface area contributed by atoms with Gasteiger partial charge in [-0.15, -0.1) is 0 Å². The van der Waals surface area contributed by atoms with Gasteiger partial charge in [-0.2, -0.15) is 0 Å². The molecule has 0 unspecified atom stereocenters. The lowest BCUT2D eigenvalue weighted by molar-refractivity contribution is 0.0940. The fourth-order valence-corrected chi connectivity index (χ4v) is 2.72. The molecule has 2 heterocycles. The van der Waals surface area contributed by atoms with Gasteiger partial charge in [-0.25, -0.2) is 4.98 Å². The van der Waals surface area contributed by atoms with Gasteiger partial charge >= 0.3 is 0 Å². The number of benzene rings is 1. The van der Waals surface area contributed by atoms with Crippen LogP contribution in [0.25, 0.3) is 22.3 Å². The number of aromatic nitrogens is 3. The minimum atomic E-state index is -0.492. The fraction of sp³-hybridized carbons (Fsp3) is 0.278. The molecule has 0 saturated heterocycles. The van der Waals surface area contributed by atoms with Crippen molar-refractivity contribution in [2.24, 2.45) is 5.73 Å². The van der Waals surface area contributed by atoms with E-state index in [1.54, 1.807) is 6.20 Å². The molecule has 25 heavy (non-hydrogen) atoms. The van der Waals surface area contributed by atoms with Gasteiger partial charge in [0, 0.05) is 28.0 Å². The number of hydrogen-bond donors (Lipinski definition) is 3. The van der Waals surface area contributed by atoms with Crippen molar-refractivity contribution in [2.45, 2.75) is 26.3 Å². The molecule has 0 radical (unpaired) electrons. The van der Waals surface area contributed by atoms with Crippen LogP contribution in [-0.2, 0) is 0 Å². The third-order valence-corrected chi connectivity index (χ3v) is 4.08. The van der Waals surface area contributed by atoms with Crippen molar-refractivity contribution < 1.29 is 4.79 Å². The minimum absolute atomic E-state index is 0.248. The average molecular weight is 358 g/mol. The van der Waals surface area contributed by atoms with Crippen LogP contribution in [0.4, 0.5) is 0 Å². The van der Waals surface area contributed by atoms with E-state index in [1.165, 1.54) is 6.20 Å². The van der Waals surface area contributed by atoms with Crippen LogP contribution in [0.15, 0.2) is 30.6 Å². The standard InChI is InChI=1S/C18H20ClN5O/c1-10-12-6-11(19)4-5-13(12)24-16(10)14-7-21-8-15(23-14)17(25)22-9-18(2,3)20/h4-8,24H,9,20H2,1-3H3,(H,22,25). The Morgan fingerprint density at radius 1 is 1.36 bits per heavy atom. The first kappa shape index (κ1) is 17.4. The quantitative estimate of drug-likeness (QED) is 0.668. The molecule has 0 aliphatic heterocycles. The molecule has 3 aromatic rings. The first-order valence-corrected chi connectivity index (χ1v) is 8.30. The van der Waals surface area contributed by atoms with Crippen LogP contribution in [0.3, 0.4) is 0 Å². The number of H-pyrrole nitrogens is 1. The van der Waals surface area contributed by atoms with E-state index in [1.807, 2.05) is 39.0 Å². The average Bonchev–Trinajstić information content (AvgIpc) is 2.89. The Bertz CT molecular complexity index is 942. The van der Waals surface area contributed by atoms with E-state index in [2.05, 4.69) is 20.3 Å². The van der Waals surface area contributed by atoms with Gasteiger partial charge in [-0.3, -0.25) is 9.78 Å². The van der Waals surface area contributed by atoms with Gasteiger partial charge in [0.1, 0.15) is 11.4 Å². The van der Waals surface area contributed by atoms with E-state index in [0.717, 1.165) is 22.2 Å². The predicted molar refractivity (Wildman–Crippen MR) is 99.7 cm³/mol. The molecule has 0 aliphatic rings. The summed E-state index contributed by atoms with van der Waals surface area (Å²) < 4.78 is 0. The summed E-state index contributed by atoms with van der Waals surface area (Å²) in [5.74, 6) is -0.301. The number of aromatic amines is 1. The summed E-state index contributed by atoms with van der Waals surface area (Å²) in [7, 11) is 0. The molecule has 1 amide bonds. The highest BCUT2D eigenvalue weighted by Crippen LogP contribution is 2.30. The number of nitrogens with one attached hydrogen (secondary N) is 2. The Hall–Kier alpha value is -2.44. The lowest BCUT2D eigenvalue weighted by Gasteiger charge is -2.18. The molecule has 0 aliphatic carbocycles. The van der Waals surface area contributed by atoms with E-state index < -0.39 is 5.54 Å². The SMILES string of the molecule is Cc1c(-c2cncc(C(=O)NCC(C)(C)N)n2)[nH]c2ccc(Cl)cc12.